The number of hydrogen-bond donors (Lipinski definition) is 1. The molecule has 152 valence electrons. The first-order chi connectivity index (χ1) is 13.7. The zero-order chi connectivity index (χ0) is 19.5. The fourth-order valence-electron chi connectivity index (χ4n) is 4.96. The SMILES string of the molecule is COCCn1cc(C(=O)NC[C@H]2CCCN3CCCC[C@@H]23)c2cc(Cl)ccc21. The van der Waals surface area contributed by atoms with Gasteiger partial charge in [0.15, 0.2) is 0 Å². The normalized spacial score (nSPS) is 22.9. The van der Waals surface area contributed by atoms with E-state index in [0.717, 1.165) is 17.4 Å². The van der Waals surface area contributed by atoms with Crippen LogP contribution in [0.4, 0.5) is 0 Å². The van der Waals surface area contributed by atoms with Crippen LogP contribution < -0.4 is 5.32 Å². The van der Waals surface area contributed by atoms with Crippen molar-refractivity contribution in [1.29, 1.82) is 0 Å². The quantitative estimate of drug-likeness (QED) is 0.794. The number of nitrogens with zero attached hydrogens (tertiary/aromatic N) is 2. The predicted octanol–water partition coefficient (Wildman–Crippen LogP) is 3.94. The Labute approximate surface area is 172 Å². The van der Waals surface area contributed by atoms with E-state index in [2.05, 4.69) is 14.8 Å². The number of halogens is 1. The summed E-state index contributed by atoms with van der Waals surface area (Å²) in [5, 5.41) is 4.79. The van der Waals surface area contributed by atoms with E-state index < -0.39 is 0 Å². The lowest BCUT2D eigenvalue weighted by Crippen LogP contribution is -2.51. The van der Waals surface area contributed by atoms with Crippen LogP contribution in [0.25, 0.3) is 10.9 Å². The Bertz CT molecular complexity index is 833. The number of nitrogens with one attached hydrogen (secondary N) is 1. The summed E-state index contributed by atoms with van der Waals surface area (Å²) in [6, 6.07) is 6.37. The van der Waals surface area contributed by atoms with Crippen LogP contribution in [-0.2, 0) is 11.3 Å². The van der Waals surface area contributed by atoms with Gasteiger partial charge in [0.25, 0.3) is 5.91 Å². The number of rotatable bonds is 6. The van der Waals surface area contributed by atoms with Crippen molar-refractivity contribution in [2.45, 2.75) is 44.7 Å². The summed E-state index contributed by atoms with van der Waals surface area (Å²) in [5.41, 5.74) is 1.72. The molecule has 2 aliphatic rings. The van der Waals surface area contributed by atoms with Crippen LogP contribution in [0.5, 0.6) is 0 Å². The molecular formula is C22H30ClN3O2. The van der Waals surface area contributed by atoms with Crippen LogP contribution in [0.15, 0.2) is 24.4 Å². The topological polar surface area (TPSA) is 46.5 Å². The Morgan fingerprint density at radius 1 is 1.25 bits per heavy atom. The van der Waals surface area contributed by atoms with Gasteiger partial charge >= 0.3 is 0 Å². The van der Waals surface area contributed by atoms with E-state index in [1.54, 1.807) is 7.11 Å². The zero-order valence-corrected chi connectivity index (χ0v) is 17.4. The third-order valence-corrected chi connectivity index (χ3v) is 6.61. The van der Waals surface area contributed by atoms with E-state index >= 15 is 0 Å². The molecule has 6 heteroatoms. The molecular weight excluding hydrogens is 374 g/mol. The van der Waals surface area contributed by atoms with Gasteiger partial charge in [-0.05, 0) is 62.9 Å². The van der Waals surface area contributed by atoms with Gasteiger partial charge < -0.3 is 19.5 Å². The minimum absolute atomic E-state index is 0.00336. The number of carbonyl (C=O) groups excluding carboxylic acids is 1. The fourth-order valence-corrected chi connectivity index (χ4v) is 5.13. The summed E-state index contributed by atoms with van der Waals surface area (Å²) in [4.78, 5) is 15.7. The summed E-state index contributed by atoms with van der Waals surface area (Å²) >= 11 is 6.21. The third-order valence-electron chi connectivity index (χ3n) is 6.38. The highest BCUT2D eigenvalue weighted by molar-refractivity contribution is 6.31. The highest BCUT2D eigenvalue weighted by Gasteiger charge is 2.33. The van der Waals surface area contributed by atoms with E-state index in [1.807, 2.05) is 24.4 Å². The molecule has 3 heterocycles. The maximum atomic E-state index is 13.0. The van der Waals surface area contributed by atoms with Crippen LogP contribution in [0.3, 0.4) is 0 Å². The van der Waals surface area contributed by atoms with Gasteiger partial charge in [0.2, 0.25) is 0 Å². The lowest BCUT2D eigenvalue weighted by molar-refractivity contribution is 0.0576. The number of hydrogen-bond acceptors (Lipinski definition) is 3. The fraction of sp³-hybridized carbons (Fsp3) is 0.591. The van der Waals surface area contributed by atoms with Gasteiger partial charge in [0.05, 0.1) is 12.2 Å². The van der Waals surface area contributed by atoms with Crippen molar-refractivity contribution in [3.8, 4) is 0 Å². The summed E-state index contributed by atoms with van der Waals surface area (Å²) in [5.74, 6) is 0.555. The van der Waals surface area contributed by atoms with E-state index in [0.29, 0.717) is 35.7 Å². The molecule has 5 nitrogen and oxygen atoms in total. The van der Waals surface area contributed by atoms with Gasteiger partial charge in [0, 0.05) is 48.4 Å². The summed E-state index contributed by atoms with van der Waals surface area (Å²) in [7, 11) is 1.69. The smallest absolute Gasteiger partial charge is 0.253 e. The number of carbonyl (C=O) groups is 1. The molecule has 0 spiro atoms. The molecule has 2 aliphatic heterocycles. The van der Waals surface area contributed by atoms with Crippen molar-refractivity contribution in [3.05, 3.63) is 35.0 Å². The number of piperidine rings is 2. The second kappa shape index (κ2) is 8.85. The molecule has 2 saturated heterocycles. The third kappa shape index (κ3) is 4.07. The second-order valence-corrected chi connectivity index (χ2v) is 8.54. The Balaban J connectivity index is 1.49. The van der Waals surface area contributed by atoms with Crippen molar-refractivity contribution >= 4 is 28.4 Å². The molecule has 2 aromatic rings. The maximum Gasteiger partial charge on any atom is 0.253 e. The largest absolute Gasteiger partial charge is 0.383 e. The molecule has 4 rings (SSSR count). The monoisotopic (exact) mass is 403 g/mol. The first-order valence-corrected chi connectivity index (χ1v) is 10.8. The Morgan fingerprint density at radius 2 is 2.11 bits per heavy atom. The predicted molar refractivity (Wildman–Crippen MR) is 113 cm³/mol. The summed E-state index contributed by atoms with van der Waals surface area (Å²) in [6.45, 7) is 4.52. The van der Waals surface area contributed by atoms with Crippen LogP contribution in [0, 0.1) is 5.92 Å². The average molecular weight is 404 g/mol. The van der Waals surface area contributed by atoms with Crippen molar-refractivity contribution in [1.82, 2.24) is 14.8 Å². The summed E-state index contributed by atoms with van der Waals surface area (Å²) in [6.07, 6.45) is 8.29. The van der Waals surface area contributed by atoms with Gasteiger partial charge in [-0.3, -0.25) is 4.79 Å². The lowest BCUT2D eigenvalue weighted by atomic mass is 9.83. The van der Waals surface area contributed by atoms with E-state index in [4.69, 9.17) is 16.3 Å². The molecule has 1 N–H and O–H groups in total. The van der Waals surface area contributed by atoms with Crippen LogP contribution >= 0.6 is 11.6 Å². The van der Waals surface area contributed by atoms with Gasteiger partial charge in [-0.1, -0.05) is 18.0 Å². The van der Waals surface area contributed by atoms with Crippen molar-refractivity contribution < 1.29 is 9.53 Å². The summed E-state index contributed by atoms with van der Waals surface area (Å²) < 4.78 is 7.29. The molecule has 0 unspecified atom stereocenters. The second-order valence-electron chi connectivity index (χ2n) is 8.10. The molecule has 0 bridgehead atoms. The van der Waals surface area contributed by atoms with Gasteiger partial charge in [-0.15, -0.1) is 0 Å². The van der Waals surface area contributed by atoms with Gasteiger partial charge in [0.1, 0.15) is 0 Å². The van der Waals surface area contributed by atoms with Gasteiger partial charge in [-0.2, -0.15) is 0 Å². The minimum atomic E-state index is -0.00336. The molecule has 0 saturated carbocycles. The Morgan fingerprint density at radius 3 is 2.96 bits per heavy atom. The Kier molecular flexibility index (Phi) is 6.24. The zero-order valence-electron chi connectivity index (χ0n) is 16.6. The number of amides is 1. The molecule has 1 amide bonds. The molecule has 28 heavy (non-hydrogen) atoms. The molecule has 0 radical (unpaired) electrons. The molecule has 1 aromatic heterocycles. The van der Waals surface area contributed by atoms with E-state index in [1.165, 1.54) is 45.2 Å². The number of methoxy groups -OCH3 is 1. The van der Waals surface area contributed by atoms with Crippen molar-refractivity contribution in [2.24, 2.45) is 5.92 Å². The molecule has 2 fully saturated rings. The van der Waals surface area contributed by atoms with Crippen molar-refractivity contribution in [3.63, 3.8) is 0 Å². The number of ether oxygens (including phenoxy) is 1. The Hall–Kier alpha value is -1.56. The molecule has 0 aliphatic carbocycles. The van der Waals surface area contributed by atoms with Crippen LogP contribution in [0.1, 0.15) is 42.5 Å². The highest BCUT2D eigenvalue weighted by atomic mass is 35.5. The minimum Gasteiger partial charge on any atom is -0.383 e. The number of aromatic nitrogens is 1. The lowest BCUT2D eigenvalue weighted by Gasteiger charge is -2.44. The van der Waals surface area contributed by atoms with Gasteiger partial charge in [-0.25, -0.2) is 0 Å². The molecule has 2 atom stereocenters. The average Bonchev–Trinajstić information content (AvgIpc) is 3.08. The first-order valence-electron chi connectivity index (χ1n) is 10.5. The maximum absolute atomic E-state index is 13.0. The number of fused-ring (bicyclic) bond motifs is 2. The van der Waals surface area contributed by atoms with Crippen LogP contribution in [0.2, 0.25) is 5.02 Å². The van der Waals surface area contributed by atoms with E-state index in [-0.39, 0.29) is 5.91 Å². The molecule has 1 aromatic carbocycles. The van der Waals surface area contributed by atoms with Crippen molar-refractivity contribution in [2.75, 3.05) is 33.4 Å². The van der Waals surface area contributed by atoms with E-state index in [9.17, 15) is 4.79 Å². The number of benzene rings is 1. The highest BCUT2D eigenvalue weighted by Crippen LogP contribution is 2.31. The standard InChI is InChI=1S/C22H30ClN3O2/c1-28-12-11-26-15-19(18-13-17(23)7-8-21(18)26)22(27)24-14-16-5-4-10-25-9-3-2-6-20(16)25/h7-8,13,15-16,20H,2-6,9-12,14H2,1H3,(H,24,27)/t16-,20+/m1/s1. The first kappa shape index (κ1) is 19.7. The van der Waals surface area contributed by atoms with Crippen LogP contribution in [-0.4, -0.2) is 54.8 Å².